The molecule has 14 heavy (non-hydrogen) atoms. The van der Waals surface area contributed by atoms with E-state index < -0.39 is 0 Å². The number of hydrogen-bond donors (Lipinski definition) is 1. The fraction of sp³-hybridized carbons (Fsp3) is 0.750. The highest BCUT2D eigenvalue weighted by molar-refractivity contribution is 7.13. The lowest BCUT2D eigenvalue weighted by molar-refractivity contribution is 0.264. The summed E-state index contributed by atoms with van der Waals surface area (Å²) in [4.78, 5) is 4.67. The minimum absolute atomic E-state index is 0.749. The van der Waals surface area contributed by atoms with Gasteiger partial charge in [0.2, 0.25) is 5.13 Å². The Kier molecular flexibility index (Phi) is 3.28. The molecule has 1 fully saturated rings. The number of anilines is 1. The smallest absolute Gasteiger partial charge is 0.208 e. The van der Waals surface area contributed by atoms with Gasteiger partial charge in [0.25, 0.3) is 0 Å². The SMILES string of the molecule is NCCN1CCN(c2nncs2)CC1. The zero-order valence-electron chi connectivity index (χ0n) is 8.09. The van der Waals surface area contributed by atoms with Gasteiger partial charge in [-0.15, -0.1) is 10.2 Å². The monoisotopic (exact) mass is 213 g/mol. The Hall–Kier alpha value is -0.720. The van der Waals surface area contributed by atoms with Crippen LogP contribution in [0.5, 0.6) is 0 Å². The summed E-state index contributed by atoms with van der Waals surface area (Å²) in [5, 5.41) is 8.95. The van der Waals surface area contributed by atoms with Crippen molar-refractivity contribution in [2.45, 2.75) is 0 Å². The van der Waals surface area contributed by atoms with E-state index in [1.807, 2.05) is 0 Å². The molecule has 0 amide bonds. The quantitative estimate of drug-likeness (QED) is 0.741. The van der Waals surface area contributed by atoms with Gasteiger partial charge in [-0.05, 0) is 0 Å². The molecule has 0 aliphatic carbocycles. The lowest BCUT2D eigenvalue weighted by Crippen LogP contribution is -2.47. The second kappa shape index (κ2) is 4.68. The molecule has 0 radical (unpaired) electrons. The molecule has 0 aromatic carbocycles. The Balaban J connectivity index is 1.84. The summed E-state index contributed by atoms with van der Waals surface area (Å²) < 4.78 is 0. The van der Waals surface area contributed by atoms with Gasteiger partial charge >= 0.3 is 0 Å². The average Bonchev–Trinajstić information content (AvgIpc) is 2.72. The van der Waals surface area contributed by atoms with Gasteiger partial charge in [0.15, 0.2) is 0 Å². The van der Waals surface area contributed by atoms with Crippen LogP contribution in [0.3, 0.4) is 0 Å². The Morgan fingerprint density at radius 1 is 1.36 bits per heavy atom. The molecule has 1 aliphatic heterocycles. The molecule has 2 heterocycles. The lowest BCUT2D eigenvalue weighted by Gasteiger charge is -2.33. The van der Waals surface area contributed by atoms with E-state index in [1.165, 1.54) is 0 Å². The highest BCUT2D eigenvalue weighted by atomic mass is 32.1. The number of hydrogen-bond acceptors (Lipinski definition) is 6. The van der Waals surface area contributed by atoms with Crippen molar-refractivity contribution in [3.8, 4) is 0 Å². The Labute approximate surface area is 87.5 Å². The van der Waals surface area contributed by atoms with E-state index in [4.69, 9.17) is 5.73 Å². The van der Waals surface area contributed by atoms with Crippen LogP contribution in [0.25, 0.3) is 0 Å². The second-order valence-corrected chi connectivity index (χ2v) is 4.15. The normalized spacial score (nSPS) is 18.8. The van der Waals surface area contributed by atoms with Gasteiger partial charge in [0.05, 0.1) is 0 Å². The number of nitrogens with two attached hydrogens (primary N) is 1. The maximum absolute atomic E-state index is 5.51. The maximum atomic E-state index is 5.51. The Bertz CT molecular complexity index is 255. The molecule has 0 atom stereocenters. The fourth-order valence-electron chi connectivity index (χ4n) is 1.65. The van der Waals surface area contributed by atoms with Crippen molar-refractivity contribution in [3.05, 3.63) is 5.51 Å². The number of nitrogens with zero attached hydrogens (tertiary/aromatic N) is 4. The largest absolute Gasteiger partial charge is 0.344 e. The Morgan fingerprint density at radius 3 is 2.71 bits per heavy atom. The summed E-state index contributed by atoms with van der Waals surface area (Å²) in [5.74, 6) is 0. The van der Waals surface area contributed by atoms with Crippen LogP contribution < -0.4 is 10.6 Å². The molecule has 6 heteroatoms. The molecule has 1 aromatic heterocycles. The highest BCUT2D eigenvalue weighted by Gasteiger charge is 2.17. The van der Waals surface area contributed by atoms with Crippen LogP contribution in [0, 0.1) is 0 Å². The first kappa shape index (κ1) is 9.82. The van der Waals surface area contributed by atoms with Crippen LogP contribution in [0.2, 0.25) is 0 Å². The van der Waals surface area contributed by atoms with Crippen molar-refractivity contribution < 1.29 is 0 Å². The summed E-state index contributed by atoms with van der Waals surface area (Å²) in [6.07, 6.45) is 0. The molecule has 0 spiro atoms. The molecular weight excluding hydrogens is 198 g/mol. The first-order valence-electron chi connectivity index (χ1n) is 4.83. The van der Waals surface area contributed by atoms with Gasteiger partial charge in [0.1, 0.15) is 5.51 Å². The van der Waals surface area contributed by atoms with Gasteiger partial charge in [-0.3, -0.25) is 4.90 Å². The first-order chi connectivity index (χ1) is 6.90. The predicted octanol–water partition coefficient (Wildman–Crippen LogP) is -0.381. The molecule has 1 saturated heterocycles. The summed E-state index contributed by atoms with van der Waals surface area (Å²) in [7, 11) is 0. The molecule has 2 rings (SSSR count). The van der Waals surface area contributed by atoms with Crippen molar-refractivity contribution in [2.75, 3.05) is 44.2 Å². The van der Waals surface area contributed by atoms with E-state index >= 15 is 0 Å². The third kappa shape index (κ3) is 2.20. The van der Waals surface area contributed by atoms with Gasteiger partial charge < -0.3 is 10.6 Å². The lowest BCUT2D eigenvalue weighted by atomic mass is 10.3. The maximum Gasteiger partial charge on any atom is 0.208 e. The van der Waals surface area contributed by atoms with E-state index in [-0.39, 0.29) is 0 Å². The molecule has 78 valence electrons. The molecule has 0 unspecified atom stereocenters. The molecule has 1 aromatic rings. The number of piperazine rings is 1. The summed E-state index contributed by atoms with van der Waals surface area (Å²) in [6, 6.07) is 0. The van der Waals surface area contributed by atoms with Crippen molar-refractivity contribution in [1.29, 1.82) is 0 Å². The zero-order chi connectivity index (χ0) is 9.80. The third-order valence-electron chi connectivity index (χ3n) is 2.44. The van der Waals surface area contributed by atoms with E-state index in [9.17, 15) is 0 Å². The fourth-order valence-corrected chi connectivity index (χ4v) is 2.26. The van der Waals surface area contributed by atoms with E-state index in [1.54, 1.807) is 16.8 Å². The highest BCUT2D eigenvalue weighted by Crippen LogP contribution is 2.16. The topological polar surface area (TPSA) is 58.3 Å². The first-order valence-corrected chi connectivity index (χ1v) is 5.71. The summed E-state index contributed by atoms with van der Waals surface area (Å²) in [6.45, 7) is 5.99. The number of aromatic nitrogens is 2. The van der Waals surface area contributed by atoms with Crippen molar-refractivity contribution in [1.82, 2.24) is 15.1 Å². The van der Waals surface area contributed by atoms with Crippen LogP contribution in [0.1, 0.15) is 0 Å². The van der Waals surface area contributed by atoms with Crippen molar-refractivity contribution in [2.24, 2.45) is 5.73 Å². The zero-order valence-corrected chi connectivity index (χ0v) is 8.91. The van der Waals surface area contributed by atoms with Crippen molar-refractivity contribution >= 4 is 16.5 Å². The van der Waals surface area contributed by atoms with E-state index in [0.29, 0.717) is 0 Å². The van der Waals surface area contributed by atoms with Crippen LogP contribution in [0.15, 0.2) is 5.51 Å². The van der Waals surface area contributed by atoms with Crippen LogP contribution >= 0.6 is 11.3 Å². The standard InChI is InChI=1S/C8H15N5S/c9-1-2-12-3-5-13(6-4-12)8-11-10-7-14-8/h7H,1-6,9H2. The van der Waals surface area contributed by atoms with Gasteiger partial charge in [-0.25, -0.2) is 0 Å². The van der Waals surface area contributed by atoms with Gasteiger partial charge in [0, 0.05) is 39.3 Å². The van der Waals surface area contributed by atoms with E-state index in [0.717, 1.165) is 44.4 Å². The van der Waals surface area contributed by atoms with Gasteiger partial charge in [-0.2, -0.15) is 0 Å². The molecule has 2 N–H and O–H groups in total. The van der Waals surface area contributed by atoms with Gasteiger partial charge in [-0.1, -0.05) is 11.3 Å². The molecule has 1 aliphatic rings. The minimum atomic E-state index is 0.749. The minimum Gasteiger partial charge on any atom is -0.344 e. The average molecular weight is 213 g/mol. The molecule has 5 nitrogen and oxygen atoms in total. The number of rotatable bonds is 3. The molecular formula is C8H15N5S. The van der Waals surface area contributed by atoms with Crippen LogP contribution in [0.4, 0.5) is 5.13 Å². The van der Waals surface area contributed by atoms with Crippen LogP contribution in [-0.2, 0) is 0 Å². The van der Waals surface area contributed by atoms with Crippen molar-refractivity contribution in [3.63, 3.8) is 0 Å². The Morgan fingerprint density at radius 2 is 2.14 bits per heavy atom. The summed E-state index contributed by atoms with van der Waals surface area (Å²) >= 11 is 1.60. The summed E-state index contributed by atoms with van der Waals surface area (Å²) in [5.41, 5.74) is 7.29. The van der Waals surface area contributed by atoms with E-state index in [2.05, 4.69) is 20.0 Å². The second-order valence-electron chi connectivity index (χ2n) is 3.34. The molecule has 0 bridgehead atoms. The molecule has 0 saturated carbocycles. The predicted molar refractivity (Wildman–Crippen MR) is 57.6 cm³/mol. The third-order valence-corrected chi connectivity index (χ3v) is 3.19. The van der Waals surface area contributed by atoms with Crippen LogP contribution in [-0.4, -0.2) is 54.4 Å².